The number of aliphatic hydroxyl groups is 1. The minimum absolute atomic E-state index is 0.0557. The molecule has 5 nitrogen and oxygen atoms in total. The van der Waals surface area contributed by atoms with Crippen LogP contribution >= 0.6 is 15.9 Å². The molecule has 2 amide bonds. The van der Waals surface area contributed by atoms with E-state index in [0.29, 0.717) is 10.2 Å². The first-order valence-corrected chi connectivity index (χ1v) is 6.22. The highest BCUT2D eigenvalue weighted by molar-refractivity contribution is 9.10. The summed E-state index contributed by atoms with van der Waals surface area (Å²) in [4.78, 5) is 24.2. The maximum atomic E-state index is 13.3. The number of imide groups is 1. The van der Waals surface area contributed by atoms with Crippen molar-refractivity contribution in [2.75, 3.05) is 18.5 Å². The maximum Gasteiger partial charge on any atom is 0.277 e. The lowest BCUT2D eigenvalue weighted by molar-refractivity contribution is -0.137. The highest BCUT2D eigenvalue weighted by Crippen LogP contribution is 2.22. The first-order chi connectivity index (χ1) is 9.02. The number of nitrogens with one attached hydrogen (secondary N) is 1. The van der Waals surface area contributed by atoms with Crippen molar-refractivity contribution >= 4 is 33.4 Å². The molecule has 19 heavy (non-hydrogen) atoms. The molecule has 100 valence electrons. The molecule has 1 aliphatic heterocycles. The van der Waals surface area contributed by atoms with E-state index in [9.17, 15) is 14.0 Å². The molecule has 0 unspecified atom stereocenters. The first-order valence-electron chi connectivity index (χ1n) is 5.43. The molecule has 0 fully saturated rings. The second-order valence-corrected chi connectivity index (χ2v) is 4.68. The number of halogens is 2. The van der Waals surface area contributed by atoms with Crippen LogP contribution < -0.4 is 5.32 Å². The predicted octanol–water partition coefficient (Wildman–Crippen LogP) is 1.25. The molecular weight excluding hydrogens is 319 g/mol. The molecule has 1 aromatic carbocycles. The number of nitrogens with zero attached hydrogens (tertiary/aromatic N) is 1. The molecule has 7 heteroatoms. The van der Waals surface area contributed by atoms with Crippen LogP contribution in [0.3, 0.4) is 0 Å². The topological polar surface area (TPSA) is 69.6 Å². The Labute approximate surface area is 116 Å². The number of hydrogen-bond donors (Lipinski definition) is 2. The molecule has 0 saturated heterocycles. The van der Waals surface area contributed by atoms with Crippen molar-refractivity contribution in [3.63, 3.8) is 0 Å². The van der Waals surface area contributed by atoms with Crippen molar-refractivity contribution in [1.82, 2.24) is 4.90 Å². The lowest BCUT2D eigenvalue weighted by Gasteiger charge is -2.13. The van der Waals surface area contributed by atoms with Crippen LogP contribution in [-0.4, -0.2) is 35.0 Å². The third-order valence-corrected chi connectivity index (χ3v) is 3.17. The summed E-state index contributed by atoms with van der Waals surface area (Å²) < 4.78 is 13.6. The van der Waals surface area contributed by atoms with E-state index in [4.69, 9.17) is 5.11 Å². The van der Waals surface area contributed by atoms with E-state index < -0.39 is 17.6 Å². The number of anilines is 1. The normalized spacial score (nSPS) is 14.9. The Morgan fingerprint density at radius 3 is 2.74 bits per heavy atom. The van der Waals surface area contributed by atoms with E-state index in [1.54, 1.807) is 6.07 Å². The van der Waals surface area contributed by atoms with Crippen molar-refractivity contribution in [3.8, 4) is 0 Å². The van der Waals surface area contributed by atoms with Gasteiger partial charge in [0.1, 0.15) is 11.5 Å². The molecule has 2 rings (SSSR count). The molecule has 1 aliphatic rings. The number of hydrogen-bond acceptors (Lipinski definition) is 4. The average molecular weight is 329 g/mol. The zero-order valence-electron chi connectivity index (χ0n) is 9.69. The molecule has 2 N–H and O–H groups in total. The van der Waals surface area contributed by atoms with E-state index in [2.05, 4.69) is 21.2 Å². The number of aliphatic hydroxyl groups excluding tert-OH is 1. The SMILES string of the molecule is O=C1C=C(Nc2ccc(Br)c(F)c2)C(=O)N1CCO. The summed E-state index contributed by atoms with van der Waals surface area (Å²) in [6.45, 7) is -0.362. The average Bonchev–Trinajstić information content (AvgIpc) is 2.62. The van der Waals surface area contributed by atoms with Gasteiger partial charge in [0.15, 0.2) is 0 Å². The van der Waals surface area contributed by atoms with E-state index >= 15 is 0 Å². The van der Waals surface area contributed by atoms with Gasteiger partial charge in [-0.15, -0.1) is 0 Å². The van der Waals surface area contributed by atoms with Crippen LogP contribution in [0.4, 0.5) is 10.1 Å². The summed E-state index contributed by atoms with van der Waals surface area (Å²) in [7, 11) is 0. The van der Waals surface area contributed by atoms with Gasteiger partial charge in [-0.25, -0.2) is 4.39 Å². The summed E-state index contributed by atoms with van der Waals surface area (Å²) in [5, 5.41) is 11.4. The lowest BCUT2D eigenvalue weighted by atomic mass is 10.3. The van der Waals surface area contributed by atoms with Gasteiger partial charge in [-0.05, 0) is 34.1 Å². The van der Waals surface area contributed by atoms with E-state index in [0.717, 1.165) is 11.0 Å². The van der Waals surface area contributed by atoms with Gasteiger partial charge in [-0.1, -0.05) is 0 Å². The third kappa shape index (κ3) is 2.82. The van der Waals surface area contributed by atoms with Gasteiger partial charge in [0.25, 0.3) is 11.8 Å². The molecule has 0 aliphatic carbocycles. The van der Waals surface area contributed by atoms with Crippen LogP contribution in [0.2, 0.25) is 0 Å². The molecular formula is C12H10BrFN2O3. The van der Waals surface area contributed by atoms with Gasteiger partial charge in [-0.3, -0.25) is 14.5 Å². The predicted molar refractivity (Wildman–Crippen MR) is 69.6 cm³/mol. The Morgan fingerprint density at radius 1 is 1.37 bits per heavy atom. The van der Waals surface area contributed by atoms with Gasteiger partial charge >= 0.3 is 0 Å². The zero-order chi connectivity index (χ0) is 14.0. The fourth-order valence-electron chi connectivity index (χ4n) is 1.64. The third-order valence-electron chi connectivity index (χ3n) is 2.53. The van der Waals surface area contributed by atoms with Crippen LogP contribution in [0, 0.1) is 5.82 Å². The highest BCUT2D eigenvalue weighted by Gasteiger charge is 2.30. The molecule has 1 aromatic rings. The molecule has 0 aromatic heterocycles. The van der Waals surface area contributed by atoms with E-state index in [-0.39, 0.29) is 18.8 Å². The van der Waals surface area contributed by atoms with Crippen molar-refractivity contribution in [2.45, 2.75) is 0 Å². The van der Waals surface area contributed by atoms with Crippen molar-refractivity contribution in [2.24, 2.45) is 0 Å². The second-order valence-electron chi connectivity index (χ2n) is 3.83. The van der Waals surface area contributed by atoms with E-state index in [1.165, 1.54) is 12.1 Å². The lowest BCUT2D eigenvalue weighted by Crippen LogP contribution is -2.34. The monoisotopic (exact) mass is 328 g/mol. The minimum Gasteiger partial charge on any atom is -0.395 e. The Bertz CT molecular complexity index is 574. The summed E-state index contributed by atoms with van der Waals surface area (Å²) in [6, 6.07) is 4.27. The van der Waals surface area contributed by atoms with Crippen LogP contribution in [-0.2, 0) is 9.59 Å². The Kier molecular flexibility index (Phi) is 3.96. The molecule has 0 spiro atoms. The van der Waals surface area contributed by atoms with Gasteiger partial charge in [-0.2, -0.15) is 0 Å². The highest BCUT2D eigenvalue weighted by atomic mass is 79.9. The number of carbonyl (C=O) groups excluding carboxylic acids is 2. The smallest absolute Gasteiger partial charge is 0.277 e. The van der Waals surface area contributed by atoms with Crippen molar-refractivity contribution in [3.05, 3.63) is 40.3 Å². The fourth-order valence-corrected chi connectivity index (χ4v) is 1.89. The number of carbonyl (C=O) groups is 2. The zero-order valence-corrected chi connectivity index (χ0v) is 11.3. The largest absolute Gasteiger partial charge is 0.395 e. The molecule has 1 heterocycles. The standard InChI is InChI=1S/C12H10BrFN2O3/c13-8-2-1-7(5-9(8)14)15-10-6-11(18)16(3-4-17)12(10)19/h1-2,5-6,15,17H,3-4H2. The number of rotatable bonds is 4. The van der Waals surface area contributed by atoms with Gasteiger partial charge < -0.3 is 10.4 Å². The maximum absolute atomic E-state index is 13.3. The van der Waals surface area contributed by atoms with Gasteiger partial charge in [0.2, 0.25) is 0 Å². The quantitative estimate of drug-likeness (QED) is 0.816. The second kappa shape index (κ2) is 5.50. The van der Waals surface area contributed by atoms with Crippen LogP contribution in [0.25, 0.3) is 0 Å². The number of benzene rings is 1. The summed E-state index contributed by atoms with van der Waals surface area (Å²) in [5.41, 5.74) is 0.416. The molecule has 0 atom stereocenters. The number of amides is 2. The summed E-state index contributed by atoms with van der Waals surface area (Å²) >= 11 is 3.02. The Balaban J connectivity index is 2.16. The minimum atomic E-state index is -0.539. The van der Waals surface area contributed by atoms with Crippen molar-refractivity contribution in [1.29, 1.82) is 0 Å². The van der Waals surface area contributed by atoms with Crippen LogP contribution in [0.5, 0.6) is 0 Å². The van der Waals surface area contributed by atoms with Crippen LogP contribution in [0.15, 0.2) is 34.4 Å². The number of β-amino-alcohol motifs (C(OH)–C–C–N with tert-alkyl or cyclic N) is 1. The molecule has 0 bridgehead atoms. The van der Waals surface area contributed by atoms with Gasteiger partial charge in [0, 0.05) is 11.8 Å². The molecule has 0 radical (unpaired) electrons. The Morgan fingerprint density at radius 2 is 2.11 bits per heavy atom. The summed E-state index contributed by atoms with van der Waals surface area (Å²) in [5.74, 6) is -1.52. The fraction of sp³-hybridized carbons (Fsp3) is 0.167. The molecule has 0 saturated carbocycles. The Hall–Kier alpha value is -1.73. The van der Waals surface area contributed by atoms with Crippen molar-refractivity contribution < 1.29 is 19.1 Å². The van der Waals surface area contributed by atoms with Gasteiger partial charge in [0.05, 0.1) is 17.6 Å². The first kappa shape index (κ1) is 13.7. The van der Waals surface area contributed by atoms with Crippen LogP contribution in [0.1, 0.15) is 0 Å². The summed E-state index contributed by atoms with van der Waals surface area (Å²) in [6.07, 6.45) is 1.12. The van der Waals surface area contributed by atoms with E-state index in [1.807, 2.05) is 0 Å².